The van der Waals surface area contributed by atoms with Crippen LogP contribution in [0.5, 0.6) is 0 Å². The Morgan fingerprint density at radius 1 is 1.60 bits per heavy atom. The van der Waals surface area contributed by atoms with Crippen LogP contribution in [0, 0.1) is 12.3 Å². The first kappa shape index (κ1) is 11.1. The second-order valence-corrected chi connectivity index (χ2v) is 3.06. The molecule has 78 valence electrons. The van der Waals surface area contributed by atoms with E-state index in [1.807, 2.05) is 0 Å². The molecule has 0 aliphatic heterocycles. The van der Waals surface area contributed by atoms with Gasteiger partial charge in [-0.3, -0.25) is 9.59 Å². The van der Waals surface area contributed by atoms with Crippen LogP contribution in [-0.2, 0) is 11.3 Å². The number of carbonyl (C=O) groups excluding carboxylic acids is 2. The lowest BCUT2D eigenvalue weighted by Gasteiger charge is -2.06. The predicted molar refractivity (Wildman–Crippen MR) is 56.3 cm³/mol. The number of ketones is 1. The molecule has 15 heavy (non-hydrogen) atoms. The highest BCUT2D eigenvalue weighted by Crippen LogP contribution is 2.02. The molecule has 0 bridgehead atoms. The molecule has 4 heteroatoms. The average molecular weight is 204 g/mol. The molecule has 0 atom stereocenters. The lowest BCUT2D eigenvalue weighted by atomic mass is 10.3. The van der Waals surface area contributed by atoms with Crippen LogP contribution in [0.15, 0.2) is 18.3 Å². The van der Waals surface area contributed by atoms with Crippen LogP contribution in [0.3, 0.4) is 0 Å². The molecule has 1 N–H and O–H groups in total. The Balaban J connectivity index is 2.65. The van der Waals surface area contributed by atoms with E-state index < -0.39 is 0 Å². The van der Waals surface area contributed by atoms with Crippen molar-refractivity contribution in [1.82, 2.24) is 9.88 Å². The van der Waals surface area contributed by atoms with E-state index in [1.165, 1.54) is 6.92 Å². The van der Waals surface area contributed by atoms with Gasteiger partial charge in [-0.2, -0.15) is 0 Å². The van der Waals surface area contributed by atoms with Gasteiger partial charge < -0.3 is 9.88 Å². The lowest BCUT2D eigenvalue weighted by molar-refractivity contribution is -0.121. The largest absolute Gasteiger partial charge is 0.344 e. The van der Waals surface area contributed by atoms with Crippen LogP contribution in [0.25, 0.3) is 0 Å². The first-order valence-corrected chi connectivity index (χ1v) is 4.51. The molecule has 0 unspecified atom stereocenters. The maximum Gasteiger partial charge on any atom is 0.240 e. The van der Waals surface area contributed by atoms with E-state index in [2.05, 4.69) is 11.2 Å². The van der Waals surface area contributed by atoms with Crippen molar-refractivity contribution in [1.29, 1.82) is 0 Å². The van der Waals surface area contributed by atoms with Gasteiger partial charge in [-0.15, -0.1) is 6.42 Å². The number of hydrogen-bond acceptors (Lipinski definition) is 2. The summed E-state index contributed by atoms with van der Waals surface area (Å²) in [6.07, 6.45) is 6.69. The van der Waals surface area contributed by atoms with Gasteiger partial charge in [-0.1, -0.05) is 5.92 Å². The van der Waals surface area contributed by atoms with E-state index in [1.54, 1.807) is 22.9 Å². The molecule has 0 aromatic carbocycles. The van der Waals surface area contributed by atoms with E-state index in [0.717, 1.165) is 0 Å². The number of carbonyl (C=O) groups is 2. The summed E-state index contributed by atoms with van der Waals surface area (Å²) >= 11 is 0. The maximum absolute atomic E-state index is 11.3. The number of nitrogens with one attached hydrogen (secondary N) is 1. The average Bonchev–Trinajstić information content (AvgIpc) is 2.62. The van der Waals surface area contributed by atoms with Crippen molar-refractivity contribution in [3.05, 3.63) is 24.0 Å². The third kappa shape index (κ3) is 2.99. The number of nitrogens with zero attached hydrogens (tertiary/aromatic N) is 1. The molecule has 0 saturated heterocycles. The second-order valence-electron chi connectivity index (χ2n) is 3.06. The Bertz CT molecular complexity index is 412. The summed E-state index contributed by atoms with van der Waals surface area (Å²) in [7, 11) is 0. The molecule has 1 amide bonds. The van der Waals surface area contributed by atoms with E-state index in [9.17, 15) is 9.59 Å². The maximum atomic E-state index is 11.3. The van der Waals surface area contributed by atoms with Crippen LogP contribution >= 0.6 is 0 Å². The van der Waals surface area contributed by atoms with Crippen LogP contribution < -0.4 is 5.32 Å². The Morgan fingerprint density at radius 3 is 2.93 bits per heavy atom. The minimum absolute atomic E-state index is 0.0650. The summed E-state index contributed by atoms with van der Waals surface area (Å²) in [5.41, 5.74) is 0.519. The molecule has 0 aliphatic rings. The molecule has 1 aromatic heterocycles. The zero-order valence-electron chi connectivity index (χ0n) is 8.49. The van der Waals surface area contributed by atoms with Gasteiger partial charge in [0.05, 0.1) is 12.2 Å². The smallest absolute Gasteiger partial charge is 0.240 e. The number of rotatable bonds is 4. The van der Waals surface area contributed by atoms with Crippen molar-refractivity contribution in [2.24, 2.45) is 0 Å². The van der Waals surface area contributed by atoms with Crippen molar-refractivity contribution in [2.45, 2.75) is 13.5 Å². The van der Waals surface area contributed by atoms with Crippen LogP contribution in [0.1, 0.15) is 17.4 Å². The zero-order chi connectivity index (χ0) is 11.3. The lowest BCUT2D eigenvalue weighted by Crippen LogP contribution is -2.28. The third-order valence-electron chi connectivity index (χ3n) is 1.89. The Hall–Kier alpha value is -2.02. The quantitative estimate of drug-likeness (QED) is 0.571. The van der Waals surface area contributed by atoms with Gasteiger partial charge >= 0.3 is 0 Å². The molecule has 1 heterocycles. The van der Waals surface area contributed by atoms with Crippen LogP contribution in [0.4, 0.5) is 0 Å². The van der Waals surface area contributed by atoms with Gasteiger partial charge in [-0.25, -0.2) is 0 Å². The highest BCUT2D eigenvalue weighted by atomic mass is 16.2. The highest BCUT2D eigenvalue weighted by molar-refractivity contribution is 5.93. The van der Waals surface area contributed by atoms with Crippen molar-refractivity contribution < 1.29 is 9.59 Å². The Kier molecular flexibility index (Phi) is 3.69. The van der Waals surface area contributed by atoms with Gasteiger partial charge in [0.25, 0.3) is 0 Å². The molecule has 0 spiro atoms. The van der Waals surface area contributed by atoms with E-state index in [0.29, 0.717) is 5.69 Å². The number of amides is 1. The summed E-state index contributed by atoms with van der Waals surface area (Å²) in [5, 5.41) is 2.53. The van der Waals surface area contributed by atoms with Crippen molar-refractivity contribution >= 4 is 11.7 Å². The number of aromatic nitrogens is 1. The second kappa shape index (κ2) is 5.01. The molecule has 0 fully saturated rings. The number of hydrogen-bond donors (Lipinski definition) is 1. The standard InChI is InChI=1S/C11H12N2O2/c1-3-6-12-11(15)8-13-7-4-5-10(13)9(2)14/h1,4-5,7H,6,8H2,2H3,(H,12,15). The van der Waals surface area contributed by atoms with Gasteiger partial charge in [0.15, 0.2) is 5.78 Å². The fourth-order valence-electron chi connectivity index (χ4n) is 1.23. The first-order valence-electron chi connectivity index (χ1n) is 4.51. The molecule has 0 aliphatic carbocycles. The van der Waals surface area contributed by atoms with Gasteiger partial charge in [0.2, 0.25) is 5.91 Å². The summed E-state index contributed by atoms with van der Waals surface area (Å²) in [5.74, 6) is 2.04. The molecule has 4 nitrogen and oxygen atoms in total. The van der Waals surface area contributed by atoms with Gasteiger partial charge in [0, 0.05) is 13.1 Å². The Morgan fingerprint density at radius 2 is 2.33 bits per heavy atom. The van der Waals surface area contributed by atoms with Gasteiger partial charge in [0.1, 0.15) is 6.54 Å². The minimum Gasteiger partial charge on any atom is -0.344 e. The number of terminal acetylenes is 1. The summed E-state index contributed by atoms with van der Waals surface area (Å²) < 4.78 is 1.59. The molecular weight excluding hydrogens is 192 g/mol. The van der Waals surface area contributed by atoms with Crippen LogP contribution in [0.2, 0.25) is 0 Å². The predicted octanol–water partition coefficient (Wildman–Crippen LogP) is 0.440. The molecule has 0 saturated carbocycles. The zero-order valence-corrected chi connectivity index (χ0v) is 8.49. The highest BCUT2D eigenvalue weighted by Gasteiger charge is 2.08. The van der Waals surface area contributed by atoms with Crippen molar-refractivity contribution in [3.63, 3.8) is 0 Å². The third-order valence-corrected chi connectivity index (χ3v) is 1.89. The van der Waals surface area contributed by atoms with Crippen molar-refractivity contribution in [3.8, 4) is 12.3 Å². The molecule has 1 aromatic rings. The summed E-state index contributed by atoms with van der Waals surface area (Å²) in [4.78, 5) is 22.4. The topological polar surface area (TPSA) is 51.1 Å². The first-order chi connectivity index (χ1) is 7.15. The summed E-state index contributed by atoms with van der Waals surface area (Å²) in [6, 6.07) is 3.40. The number of Topliss-reactive ketones (excluding diaryl/α,β-unsaturated/α-hetero) is 1. The van der Waals surface area contributed by atoms with Crippen molar-refractivity contribution in [2.75, 3.05) is 6.54 Å². The van der Waals surface area contributed by atoms with Crippen LogP contribution in [-0.4, -0.2) is 22.8 Å². The SMILES string of the molecule is C#CCNC(=O)Cn1cccc1C(C)=O. The van der Waals surface area contributed by atoms with E-state index >= 15 is 0 Å². The minimum atomic E-state index is -0.202. The molecule has 0 radical (unpaired) electrons. The fraction of sp³-hybridized carbons (Fsp3) is 0.273. The van der Waals surface area contributed by atoms with Gasteiger partial charge in [-0.05, 0) is 12.1 Å². The Labute approximate surface area is 88.3 Å². The van der Waals surface area contributed by atoms with E-state index in [4.69, 9.17) is 6.42 Å². The summed E-state index contributed by atoms with van der Waals surface area (Å²) in [6.45, 7) is 1.78. The van der Waals surface area contributed by atoms with E-state index in [-0.39, 0.29) is 24.8 Å². The molecule has 1 rings (SSSR count). The normalized spacial score (nSPS) is 9.33. The molecular formula is C11H12N2O2. The fourth-order valence-corrected chi connectivity index (χ4v) is 1.23. The monoisotopic (exact) mass is 204 g/mol.